The van der Waals surface area contributed by atoms with Crippen LogP contribution < -0.4 is 22.9 Å². The summed E-state index contributed by atoms with van der Waals surface area (Å²) in [6, 6.07) is 8.33. The van der Waals surface area contributed by atoms with Gasteiger partial charge in [0.1, 0.15) is 23.5 Å². The van der Waals surface area contributed by atoms with E-state index in [-0.39, 0.29) is 60.0 Å². The van der Waals surface area contributed by atoms with Gasteiger partial charge in [-0.2, -0.15) is 0 Å². The lowest BCUT2D eigenvalue weighted by Crippen LogP contribution is -3.00. The Balaban J connectivity index is 0.00000320. The van der Waals surface area contributed by atoms with E-state index >= 15 is 0 Å². The Morgan fingerprint density at radius 3 is 2.54 bits per heavy atom. The van der Waals surface area contributed by atoms with Gasteiger partial charge in [-0.15, -0.1) is 0 Å². The van der Waals surface area contributed by atoms with E-state index in [0.717, 1.165) is 5.39 Å². The Kier molecular flexibility index (Phi) is 7.33. The van der Waals surface area contributed by atoms with Crippen molar-refractivity contribution < 1.29 is 56.9 Å². The van der Waals surface area contributed by atoms with E-state index in [1.54, 1.807) is 31.2 Å². The molecule has 0 spiro atoms. The molecule has 2 aromatic rings. The molecule has 5 N–H and O–H groups in total. The van der Waals surface area contributed by atoms with Crippen LogP contribution in [0.5, 0.6) is 5.75 Å². The molecule has 0 radical (unpaired) electrons. The number of carbonyl (C=O) groups excluding carboxylic acids is 3. The van der Waals surface area contributed by atoms with Gasteiger partial charge in [0.2, 0.25) is 0 Å². The highest BCUT2D eigenvalue weighted by Crippen LogP contribution is 2.43. The van der Waals surface area contributed by atoms with Gasteiger partial charge in [-0.05, 0) is 37.4 Å². The van der Waals surface area contributed by atoms with Crippen LogP contribution in [0, 0.1) is 0 Å². The molecule has 5 rings (SSSR count). The van der Waals surface area contributed by atoms with Crippen LogP contribution in [0.1, 0.15) is 53.8 Å². The second-order valence-corrected chi connectivity index (χ2v) is 9.98. The van der Waals surface area contributed by atoms with Gasteiger partial charge in [0, 0.05) is 40.5 Å². The van der Waals surface area contributed by atoms with Gasteiger partial charge >= 0.3 is 0 Å². The molecule has 0 bridgehead atoms. The maximum atomic E-state index is 13.9. The smallest absolute Gasteiger partial charge is 0.192 e. The predicted octanol–water partition coefficient (Wildman–Crippen LogP) is -1.87. The number of fused-ring (bicyclic) bond motifs is 2. The minimum atomic E-state index is -1.86. The summed E-state index contributed by atoms with van der Waals surface area (Å²) in [5, 5.41) is 22.8. The fourth-order valence-electron chi connectivity index (χ4n) is 5.51. The quantitative estimate of drug-likeness (QED) is 0.416. The minimum Gasteiger partial charge on any atom is -1.00 e. The first-order valence-corrected chi connectivity index (χ1v) is 12.0. The minimum absolute atomic E-state index is 0. The molecule has 3 aliphatic rings. The summed E-state index contributed by atoms with van der Waals surface area (Å²) < 4.78 is 17.4. The van der Waals surface area contributed by atoms with E-state index < -0.39 is 47.6 Å². The van der Waals surface area contributed by atoms with E-state index in [2.05, 4.69) is 5.73 Å². The first kappa shape index (κ1) is 27.4. The lowest BCUT2D eigenvalue weighted by molar-refractivity contribution is -0.466. The van der Waals surface area contributed by atoms with Crippen molar-refractivity contribution in [2.45, 2.75) is 69.4 Å². The number of ether oxygens (including phenoxy) is 3. The van der Waals surface area contributed by atoms with E-state index in [0.29, 0.717) is 11.1 Å². The molecule has 37 heavy (non-hydrogen) atoms. The topological polar surface area (TPSA) is 147 Å². The number of halogens is 1. The summed E-state index contributed by atoms with van der Waals surface area (Å²) in [5.41, 5.74) is 2.75. The third-order valence-corrected chi connectivity index (χ3v) is 7.64. The van der Waals surface area contributed by atoms with Gasteiger partial charge in [0.25, 0.3) is 0 Å². The summed E-state index contributed by atoms with van der Waals surface area (Å²) in [4.78, 5) is 40.0. The summed E-state index contributed by atoms with van der Waals surface area (Å²) >= 11 is 0. The van der Waals surface area contributed by atoms with Crippen molar-refractivity contribution in [3.8, 4) is 5.75 Å². The number of carbonyl (C=O) groups is 3. The number of Topliss-reactive ketones (excluding diaryl/α,β-unsaturated/α-hetero) is 3. The molecule has 198 valence electrons. The maximum absolute atomic E-state index is 13.9. The Morgan fingerprint density at radius 1 is 1.19 bits per heavy atom. The second-order valence-electron chi connectivity index (χ2n) is 9.98. The Labute approximate surface area is 220 Å². The van der Waals surface area contributed by atoms with E-state index in [1.165, 1.54) is 14.0 Å². The van der Waals surface area contributed by atoms with Crippen molar-refractivity contribution in [3.63, 3.8) is 0 Å². The molecule has 0 amide bonds. The summed E-state index contributed by atoms with van der Waals surface area (Å²) in [5.74, 6) is -0.749. The molecule has 0 aromatic heterocycles. The molecular formula is C27H30ClNO8. The summed E-state index contributed by atoms with van der Waals surface area (Å²) in [7, 11) is 1.54. The molecular weight excluding hydrogens is 502 g/mol. The number of rotatable bonds is 4. The number of hydrogen-bond acceptors (Lipinski definition) is 8. The third kappa shape index (κ3) is 4.50. The third-order valence-electron chi connectivity index (χ3n) is 7.64. The van der Waals surface area contributed by atoms with Crippen LogP contribution in [0.15, 0.2) is 41.5 Å². The van der Waals surface area contributed by atoms with Crippen molar-refractivity contribution in [3.05, 3.63) is 52.6 Å². The maximum Gasteiger partial charge on any atom is 0.192 e. The first-order chi connectivity index (χ1) is 17.0. The molecule has 0 unspecified atom stereocenters. The predicted molar refractivity (Wildman–Crippen MR) is 128 cm³/mol. The molecule has 9 nitrogen and oxygen atoms in total. The van der Waals surface area contributed by atoms with Crippen LogP contribution in [0.3, 0.4) is 0 Å². The first-order valence-electron chi connectivity index (χ1n) is 12.0. The van der Waals surface area contributed by atoms with Crippen molar-refractivity contribution in [1.29, 1.82) is 0 Å². The van der Waals surface area contributed by atoms with Crippen LogP contribution in [0.4, 0.5) is 0 Å². The van der Waals surface area contributed by atoms with E-state index in [9.17, 15) is 24.6 Å². The normalized spacial score (nSPS) is 31.5. The lowest BCUT2D eigenvalue weighted by atomic mass is 9.69. The van der Waals surface area contributed by atoms with Crippen LogP contribution in [0.2, 0.25) is 0 Å². The summed E-state index contributed by atoms with van der Waals surface area (Å²) in [6.07, 6.45) is -3.42. The van der Waals surface area contributed by atoms with Gasteiger partial charge in [-0.1, -0.05) is 12.1 Å². The average molecular weight is 532 g/mol. The van der Waals surface area contributed by atoms with Gasteiger partial charge in [-0.25, -0.2) is 0 Å². The van der Waals surface area contributed by atoms with Gasteiger partial charge in [0.05, 0.1) is 25.7 Å². The molecule has 1 heterocycles. The SMILES string of the molecule is COc1cccc2cc3c(cc12)C(=O)C1=C(C[C@@](O)(C(C)=O)C[C@@H]1O[C@@H]1C[C@@H]([NH3+])[C@@H](O)[C@@H](C)O1)C3=O.[Cl-]. The summed E-state index contributed by atoms with van der Waals surface area (Å²) in [6.45, 7) is 2.95. The molecule has 0 saturated carbocycles. The van der Waals surface area contributed by atoms with Gasteiger partial charge < -0.3 is 42.6 Å². The molecule has 1 saturated heterocycles. The second kappa shape index (κ2) is 9.90. The Bertz CT molecular complexity index is 1310. The molecule has 6 atom stereocenters. The van der Waals surface area contributed by atoms with Crippen molar-refractivity contribution in [2.75, 3.05) is 7.11 Å². The standard InChI is InChI=1S/C27H29NO8.ClH/c1-12-24(30)19(28)9-22(35-12)36-21-11-27(33,13(2)29)10-18-23(21)26(32)17-8-15-14(7-16(17)25(18)31)5-4-6-20(15)34-3;/h4-8,12,19,21-22,24,30,33H,9-11,28H2,1-3H3;1H/t12-,19-,21+,22-,24+,27+;/m1./s1. The zero-order valence-electron chi connectivity index (χ0n) is 20.8. The van der Waals surface area contributed by atoms with E-state index in [1.807, 2.05) is 6.07 Å². The number of ketones is 3. The number of aliphatic hydroxyl groups is 2. The molecule has 10 heteroatoms. The number of methoxy groups -OCH3 is 1. The average Bonchev–Trinajstić information content (AvgIpc) is 2.84. The van der Waals surface area contributed by atoms with Crippen LogP contribution >= 0.6 is 0 Å². The monoisotopic (exact) mass is 531 g/mol. The number of quaternary nitrogens is 1. The van der Waals surface area contributed by atoms with Crippen molar-refractivity contribution in [1.82, 2.24) is 0 Å². The Hall–Kier alpha value is -2.66. The highest BCUT2D eigenvalue weighted by Gasteiger charge is 2.50. The molecule has 2 aromatic carbocycles. The fraction of sp³-hybridized carbons (Fsp3) is 0.444. The number of benzene rings is 2. The highest BCUT2D eigenvalue weighted by atomic mass is 35.5. The number of hydrogen-bond donors (Lipinski definition) is 3. The highest BCUT2D eigenvalue weighted by molar-refractivity contribution is 6.29. The van der Waals surface area contributed by atoms with Crippen LogP contribution in [0.25, 0.3) is 10.8 Å². The largest absolute Gasteiger partial charge is 1.00 e. The zero-order valence-corrected chi connectivity index (χ0v) is 21.6. The van der Waals surface area contributed by atoms with Gasteiger partial charge in [0.15, 0.2) is 23.6 Å². The van der Waals surface area contributed by atoms with Crippen molar-refractivity contribution >= 4 is 28.1 Å². The fourth-order valence-corrected chi connectivity index (χ4v) is 5.51. The molecule has 2 aliphatic carbocycles. The lowest BCUT2D eigenvalue weighted by Gasteiger charge is -2.42. The van der Waals surface area contributed by atoms with Crippen LogP contribution in [-0.2, 0) is 14.3 Å². The van der Waals surface area contributed by atoms with Crippen LogP contribution in [-0.4, -0.2) is 70.9 Å². The van der Waals surface area contributed by atoms with Crippen molar-refractivity contribution in [2.24, 2.45) is 0 Å². The van der Waals surface area contributed by atoms with E-state index in [4.69, 9.17) is 14.2 Å². The zero-order chi connectivity index (χ0) is 25.9. The number of aliphatic hydroxyl groups excluding tert-OH is 1. The molecule has 1 fully saturated rings. The Morgan fingerprint density at radius 2 is 1.89 bits per heavy atom. The van der Waals surface area contributed by atoms with Gasteiger partial charge in [-0.3, -0.25) is 14.4 Å². The molecule has 1 aliphatic heterocycles.